The lowest BCUT2D eigenvalue weighted by Crippen LogP contribution is -2.46. The smallest absolute Gasteiger partial charge is 0.226 e. The van der Waals surface area contributed by atoms with E-state index < -0.39 is 17.7 Å². The largest absolute Gasteiger partial charge is 0.441 e. The normalized spacial score (nSPS) is 24.4. The van der Waals surface area contributed by atoms with Crippen molar-refractivity contribution in [2.45, 2.75) is 44.4 Å². The first-order chi connectivity index (χ1) is 12.9. The fourth-order valence-corrected chi connectivity index (χ4v) is 3.84. The van der Waals surface area contributed by atoms with E-state index in [-0.39, 0.29) is 48.3 Å². The van der Waals surface area contributed by atoms with Crippen molar-refractivity contribution in [1.29, 1.82) is 0 Å². The molecular formula is C19H22ClF2N3O3. The van der Waals surface area contributed by atoms with Gasteiger partial charge in [0.1, 0.15) is 23.1 Å². The summed E-state index contributed by atoms with van der Waals surface area (Å²) in [5.74, 6) is -0.895. The van der Waals surface area contributed by atoms with Crippen LogP contribution in [-0.2, 0) is 17.8 Å². The van der Waals surface area contributed by atoms with E-state index in [1.165, 1.54) is 0 Å². The molecule has 1 aliphatic heterocycles. The third-order valence-electron chi connectivity index (χ3n) is 5.37. The minimum atomic E-state index is -0.702. The van der Waals surface area contributed by atoms with E-state index in [0.717, 1.165) is 18.2 Å². The van der Waals surface area contributed by atoms with Gasteiger partial charge in [0, 0.05) is 36.6 Å². The van der Waals surface area contributed by atoms with Crippen LogP contribution < -0.4 is 5.73 Å². The molecule has 2 heterocycles. The van der Waals surface area contributed by atoms with Gasteiger partial charge in [-0.25, -0.2) is 13.8 Å². The van der Waals surface area contributed by atoms with Gasteiger partial charge in [0.2, 0.25) is 11.8 Å². The highest BCUT2D eigenvalue weighted by Gasteiger charge is 2.35. The van der Waals surface area contributed by atoms with Crippen LogP contribution in [-0.4, -0.2) is 39.6 Å². The molecule has 1 aromatic heterocycles. The van der Waals surface area contributed by atoms with Gasteiger partial charge in [-0.15, -0.1) is 12.4 Å². The molecule has 1 saturated carbocycles. The van der Waals surface area contributed by atoms with Crippen LogP contribution in [0.3, 0.4) is 0 Å². The van der Waals surface area contributed by atoms with Crippen LogP contribution in [0.5, 0.6) is 0 Å². The molecule has 3 N–H and O–H groups in total. The summed E-state index contributed by atoms with van der Waals surface area (Å²) >= 11 is 0. The Balaban J connectivity index is 0.00000225. The average molecular weight is 414 g/mol. The Morgan fingerprint density at radius 3 is 2.64 bits per heavy atom. The number of nitrogens with two attached hydrogens (primary N) is 1. The molecule has 0 unspecified atom stereocenters. The van der Waals surface area contributed by atoms with Crippen molar-refractivity contribution >= 4 is 18.3 Å². The Labute approximate surface area is 167 Å². The van der Waals surface area contributed by atoms with Gasteiger partial charge in [-0.05, 0) is 31.4 Å². The maximum atomic E-state index is 13.4. The summed E-state index contributed by atoms with van der Waals surface area (Å²) in [6, 6.07) is 2.84. The molecule has 2 aliphatic rings. The van der Waals surface area contributed by atoms with Crippen molar-refractivity contribution in [3.63, 3.8) is 0 Å². The molecule has 152 valence electrons. The van der Waals surface area contributed by atoms with Gasteiger partial charge in [-0.1, -0.05) is 0 Å². The standard InChI is InChI=1S/C19H21F2N3O3.ClH/c20-12-5-11(6-13(21)8-12)18-23-15-9-24(4-3-17(15)27-18)19(26)10-1-2-14(22)16(25)7-10;/h5-6,8,10,14,16,25H,1-4,7,9,22H2;1H/t10-,14-,16-;/m0./s1. The van der Waals surface area contributed by atoms with Crippen molar-refractivity contribution < 1.29 is 23.1 Å². The second-order valence-corrected chi connectivity index (χ2v) is 7.30. The Morgan fingerprint density at radius 2 is 1.96 bits per heavy atom. The van der Waals surface area contributed by atoms with Crippen LogP contribution >= 0.6 is 12.4 Å². The van der Waals surface area contributed by atoms with Gasteiger partial charge in [0.25, 0.3) is 0 Å². The Morgan fingerprint density at radius 1 is 1.25 bits per heavy atom. The lowest BCUT2D eigenvalue weighted by Gasteiger charge is -2.34. The van der Waals surface area contributed by atoms with E-state index in [2.05, 4.69) is 4.98 Å². The van der Waals surface area contributed by atoms with Crippen LogP contribution in [0, 0.1) is 17.6 Å². The molecular weight excluding hydrogens is 392 g/mol. The average Bonchev–Trinajstić information content (AvgIpc) is 3.06. The third-order valence-corrected chi connectivity index (χ3v) is 5.37. The molecule has 0 spiro atoms. The number of nitrogens with zero attached hydrogens (tertiary/aromatic N) is 2. The molecule has 1 fully saturated rings. The number of aliphatic hydroxyl groups excluding tert-OH is 1. The predicted molar refractivity (Wildman–Crippen MR) is 99.5 cm³/mol. The van der Waals surface area contributed by atoms with Crippen LogP contribution in [0.4, 0.5) is 8.78 Å². The summed E-state index contributed by atoms with van der Waals surface area (Å²) < 4.78 is 32.5. The minimum absolute atomic E-state index is 0. The molecule has 28 heavy (non-hydrogen) atoms. The quantitative estimate of drug-likeness (QED) is 0.788. The first-order valence-corrected chi connectivity index (χ1v) is 9.08. The van der Waals surface area contributed by atoms with E-state index in [1.54, 1.807) is 4.90 Å². The zero-order chi connectivity index (χ0) is 19.1. The molecule has 0 saturated heterocycles. The molecule has 1 amide bonds. The van der Waals surface area contributed by atoms with E-state index in [0.29, 0.717) is 43.7 Å². The highest BCUT2D eigenvalue weighted by atomic mass is 35.5. The van der Waals surface area contributed by atoms with Crippen molar-refractivity contribution in [2.75, 3.05) is 6.54 Å². The van der Waals surface area contributed by atoms with Gasteiger partial charge in [0.15, 0.2) is 0 Å². The number of fused-ring (bicyclic) bond motifs is 1. The zero-order valence-corrected chi connectivity index (χ0v) is 15.9. The third kappa shape index (κ3) is 4.04. The predicted octanol–water partition coefficient (Wildman–Crippen LogP) is 2.41. The number of hydrogen-bond donors (Lipinski definition) is 2. The molecule has 1 aromatic carbocycles. The SMILES string of the molecule is Cl.N[C@H]1CC[C@H](C(=O)N2CCc3oc(-c4cc(F)cc(F)c4)nc3C2)C[C@@H]1O. The summed E-state index contributed by atoms with van der Waals surface area (Å²) in [5.41, 5.74) is 6.64. The lowest BCUT2D eigenvalue weighted by molar-refractivity contribution is -0.139. The maximum Gasteiger partial charge on any atom is 0.226 e. The zero-order valence-electron chi connectivity index (χ0n) is 15.1. The number of aromatic nitrogens is 1. The van der Waals surface area contributed by atoms with E-state index in [4.69, 9.17) is 10.2 Å². The molecule has 3 atom stereocenters. The molecule has 2 aromatic rings. The van der Waals surface area contributed by atoms with Crippen molar-refractivity contribution in [2.24, 2.45) is 11.7 Å². The van der Waals surface area contributed by atoms with Crippen LogP contribution in [0.2, 0.25) is 0 Å². The van der Waals surface area contributed by atoms with Gasteiger partial charge >= 0.3 is 0 Å². The summed E-state index contributed by atoms with van der Waals surface area (Å²) in [6.07, 6.45) is 1.48. The highest BCUT2D eigenvalue weighted by molar-refractivity contribution is 5.85. The van der Waals surface area contributed by atoms with Crippen molar-refractivity contribution in [3.05, 3.63) is 41.3 Å². The molecule has 1 aliphatic carbocycles. The fourth-order valence-electron chi connectivity index (χ4n) is 3.84. The summed E-state index contributed by atoms with van der Waals surface area (Å²) in [6.45, 7) is 0.769. The molecule has 4 rings (SSSR count). The van der Waals surface area contributed by atoms with Gasteiger partial charge in [-0.2, -0.15) is 0 Å². The van der Waals surface area contributed by atoms with Crippen molar-refractivity contribution in [3.8, 4) is 11.5 Å². The molecule has 6 nitrogen and oxygen atoms in total. The van der Waals surface area contributed by atoms with Crippen LogP contribution in [0.25, 0.3) is 11.5 Å². The highest BCUT2D eigenvalue weighted by Crippen LogP contribution is 2.30. The number of hydrogen-bond acceptors (Lipinski definition) is 5. The number of oxazole rings is 1. The second-order valence-electron chi connectivity index (χ2n) is 7.30. The fraction of sp³-hybridized carbons (Fsp3) is 0.474. The van der Waals surface area contributed by atoms with Crippen LogP contribution in [0.1, 0.15) is 30.7 Å². The number of rotatable bonds is 2. The molecule has 0 radical (unpaired) electrons. The number of carbonyl (C=O) groups is 1. The maximum absolute atomic E-state index is 13.4. The number of carbonyl (C=O) groups excluding carboxylic acids is 1. The summed E-state index contributed by atoms with van der Waals surface area (Å²) in [5, 5.41) is 9.94. The number of benzene rings is 1. The van der Waals surface area contributed by atoms with Crippen molar-refractivity contribution in [1.82, 2.24) is 9.88 Å². The number of aliphatic hydroxyl groups is 1. The first-order valence-electron chi connectivity index (χ1n) is 9.08. The minimum Gasteiger partial charge on any atom is -0.441 e. The Hall–Kier alpha value is -2.03. The van der Waals surface area contributed by atoms with Gasteiger partial charge in [0.05, 0.1) is 12.6 Å². The lowest BCUT2D eigenvalue weighted by atomic mass is 9.83. The molecule has 0 bridgehead atoms. The van der Waals surface area contributed by atoms with Crippen LogP contribution in [0.15, 0.2) is 22.6 Å². The van der Waals surface area contributed by atoms with E-state index in [9.17, 15) is 18.7 Å². The first kappa shape index (κ1) is 20.7. The Kier molecular flexibility index (Phi) is 6.02. The monoisotopic (exact) mass is 413 g/mol. The number of amides is 1. The topological polar surface area (TPSA) is 92.6 Å². The van der Waals surface area contributed by atoms with Gasteiger partial charge in [-0.3, -0.25) is 4.79 Å². The summed E-state index contributed by atoms with van der Waals surface area (Å²) in [7, 11) is 0. The van der Waals surface area contributed by atoms with E-state index in [1.807, 2.05) is 0 Å². The van der Waals surface area contributed by atoms with Gasteiger partial charge < -0.3 is 20.2 Å². The van der Waals surface area contributed by atoms with E-state index >= 15 is 0 Å². The second kappa shape index (κ2) is 8.14. The molecule has 9 heteroatoms. The number of halogens is 3. The summed E-state index contributed by atoms with van der Waals surface area (Å²) in [4.78, 5) is 18.8. The Bertz CT molecular complexity index is 856.